The molecule has 2 aliphatic heterocycles. The van der Waals surface area contributed by atoms with Gasteiger partial charge in [-0.05, 0) is 19.9 Å². The summed E-state index contributed by atoms with van der Waals surface area (Å²) in [7, 11) is 2.15. The molecule has 20 heavy (non-hydrogen) atoms. The van der Waals surface area contributed by atoms with Crippen LogP contribution in [0.1, 0.15) is 23.3 Å². The fourth-order valence-corrected chi connectivity index (χ4v) is 3.61. The van der Waals surface area contributed by atoms with Gasteiger partial charge in [0.05, 0.1) is 0 Å². The van der Waals surface area contributed by atoms with E-state index in [2.05, 4.69) is 16.9 Å². The van der Waals surface area contributed by atoms with Gasteiger partial charge in [0.15, 0.2) is 5.13 Å². The van der Waals surface area contributed by atoms with Crippen LogP contribution in [0.5, 0.6) is 0 Å². The van der Waals surface area contributed by atoms with E-state index in [1.165, 1.54) is 11.3 Å². The maximum absolute atomic E-state index is 12.5. The summed E-state index contributed by atoms with van der Waals surface area (Å²) < 4.78 is 5.47. The minimum atomic E-state index is -0.00285. The monoisotopic (exact) mass is 296 g/mol. The first-order chi connectivity index (χ1) is 9.61. The molecule has 1 spiro atoms. The Bertz CT molecular complexity index is 498. The number of aromatic nitrogens is 1. The molecule has 1 aromatic heterocycles. The predicted molar refractivity (Wildman–Crippen MR) is 77.8 cm³/mol. The number of nitrogens with two attached hydrogens (primary N) is 1. The van der Waals surface area contributed by atoms with Crippen LogP contribution in [-0.2, 0) is 4.74 Å². The van der Waals surface area contributed by atoms with Crippen molar-refractivity contribution in [2.24, 2.45) is 0 Å². The average molecular weight is 296 g/mol. The van der Waals surface area contributed by atoms with Gasteiger partial charge in [-0.1, -0.05) is 0 Å². The fraction of sp³-hybridized carbons (Fsp3) is 0.692. The molecule has 0 saturated carbocycles. The molecule has 0 unspecified atom stereocenters. The van der Waals surface area contributed by atoms with E-state index in [1.54, 1.807) is 5.38 Å². The number of hydrogen-bond donors (Lipinski definition) is 1. The third-order valence-corrected chi connectivity index (χ3v) is 5.13. The Kier molecular flexibility index (Phi) is 3.66. The standard InChI is InChI=1S/C13H20N4O2S/c1-16-4-5-17(9-13(16)2-6-19-7-3-13)11(18)10-8-20-12(14)15-10/h8H,2-7,9H2,1H3,(H2,14,15). The van der Waals surface area contributed by atoms with E-state index in [4.69, 9.17) is 10.5 Å². The molecule has 0 atom stereocenters. The number of hydrogen-bond acceptors (Lipinski definition) is 6. The van der Waals surface area contributed by atoms with Gasteiger partial charge in [-0.3, -0.25) is 9.69 Å². The number of nitrogens with zero attached hydrogens (tertiary/aromatic N) is 3. The summed E-state index contributed by atoms with van der Waals surface area (Å²) in [5.74, 6) is -0.00285. The number of carbonyl (C=O) groups is 1. The van der Waals surface area contributed by atoms with E-state index in [9.17, 15) is 4.79 Å². The van der Waals surface area contributed by atoms with Gasteiger partial charge in [0.25, 0.3) is 5.91 Å². The first-order valence-electron chi connectivity index (χ1n) is 6.90. The minimum Gasteiger partial charge on any atom is -0.381 e. The molecule has 7 heteroatoms. The van der Waals surface area contributed by atoms with E-state index in [0.717, 1.165) is 45.7 Å². The molecule has 2 aliphatic rings. The Morgan fingerprint density at radius 1 is 1.45 bits per heavy atom. The number of likely N-dealkylation sites (N-methyl/N-ethyl adjacent to an activating group) is 1. The molecule has 2 N–H and O–H groups in total. The van der Waals surface area contributed by atoms with Crippen LogP contribution in [0.25, 0.3) is 0 Å². The predicted octanol–water partition coefficient (Wildman–Crippen LogP) is 0.662. The summed E-state index contributed by atoms with van der Waals surface area (Å²) >= 11 is 1.31. The number of rotatable bonds is 1. The van der Waals surface area contributed by atoms with Crippen molar-refractivity contribution in [1.82, 2.24) is 14.8 Å². The highest BCUT2D eigenvalue weighted by molar-refractivity contribution is 7.13. The second kappa shape index (κ2) is 5.31. The number of thiazole rings is 1. The summed E-state index contributed by atoms with van der Waals surface area (Å²) in [6, 6.07) is 0. The topological polar surface area (TPSA) is 71.7 Å². The van der Waals surface area contributed by atoms with Crippen LogP contribution in [0.2, 0.25) is 0 Å². The van der Waals surface area contributed by atoms with Crippen LogP contribution in [0, 0.1) is 0 Å². The minimum absolute atomic E-state index is 0.00285. The van der Waals surface area contributed by atoms with Crippen LogP contribution in [0.4, 0.5) is 5.13 Å². The zero-order valence-corrected chi connectivity index (χ0v) is 12.5. The Labute approximate surface area is 122 Å². The molecular weight excluding hydrogens is 276 g/mol. The molecule has 0 radical (unpaired) electrons. The quantitative estimate of drug-likeness (QED) is 0.824. The molecule has 6 nitrogen and oxygen atoms in total. The highest BCUT2D eigenvalue weighted by atomic mass is 32.1. The van der Waals surface area contributed by atoms with Crippen molar-refractivity contribution >= 4 is 22.4 Å². The first-order valence-corrected chi connectivity index (χ1v) is 7.78. The van der Waals surface area contributed by atoms with E-state index < -0.39 is 0 Å². The highest BCUT2D eigenvalue weighted by Crippen LogP contribution is 2.31. The van der Waals surface area contributed by atoms with Crippen molar-refractivity contribution in [2.45, 2.75) is 18.4 Å². The van der Waals surface area contributed by atoms with Crippen molar-refractivity contribution in [2.75, 3.05) is 45.6 Å². The van der Waals surface area contributed by atoms with E-state index in [-0.39, 0.29) is 11.4 Å². The van der Waals surface area contributed by atoms with Gasteiger partial charge in [0.2, 0.25) is 0 Å². The van der Waals surface area contributed by atoms with E-state index >= 15 is 0 Å². The molecular formula is C13H20N4O2S. The van der Waals surface area contributed by atoms with Gasteiger partial charge in [-0.2, -0.15) is 0 Å². The average Bonchev–Trinajstić information content (AvgIpc) is 2.89. The van der Waals surface area contributed by atoms with Gasteiger partial charge in [-0.25, -0.2) is 4.98 Å². The maximum atomic E-state index is 12.5. The van der Waals surface area contributed by atoms with Gasteiger partial charge >= 0.3 is 0 Å². The number of anilines is 1. The highest BCUT2D eigenvalue weighted by Gasteiger charge is 2.42. The SMILES string of the molecule is CN1CCN(C(=O)c2csc(N)n2)CC12CCOCC2. The van der Waals surface area contributed by atoms with Crippen molar-refractivity contribution in [1.29, 1.82) is 0 Å². The summed E-state index contributed by atoms with van der Waals surface area (Å²) in [5.41, 5.74) is 6.15. The molecule has 0 bridgehead atoms. The van der Waals surface area contributed by atoms with Gasteiger partial charge in [0.1, 0.15) is 5.69 Å². The van der Waals surface area contributed by atoms with Crippen molar-refractivity contribution in [3.05, 3.63) is 11.1 Å². The molecule has 3 rings (SSSR count). The Hall–Kier alpha value is -1.18. The van der Waals surface area contributed by atoms with Crippen LogP contribution in [0.15, 0.2) is 5.38 Å². The van der Waals surface area contributed by atoms with Crippen LogP contribution in [0.3, 0.4) is 0 Å². The molecule has 1 aromatic rings. The number of carbonyl (C=O) groups excluding carboxylic acids is 1. The third-order valence-electron chi connectivity index (χ3n) is 4.45. The molecule has 0 aliphatic carbocycles. The van der Waals surface area contributed by atoms with Gasteiger partial charge in [-0.15, -0.1) is 11.3 Å². The lowest BCUT2D eigenvalue weighted by molar-refractivity contribution is -0.0544. The Morgan fingerprint density at radius 2 is 2.20 bits per heavy atom. The lowest BCUT2D eigenvalue weighted by atomic mass is 9.86. The van der Waals surface area contributed by atoms with Crippen LogP contribution >= 0.6 is 11.3 Å². The van der Waals surface area contributed by atoms with Crippen LogP contribution in [-0.4, -0.2) is 66.1 Å². The number of ether oxygens (including phenoxy) is 1. The smallest absolute Gasteiger partial charge is 0.273 e. The van der Waals surface area contributed by atoms with E-state index in [0.29, 0.717) is 10.8 Å². The summed E-state index contributed by atoms with van der Waals surface area (Å²) in [6.07, 6.45) is 1.96. The lowest BCUT2D eigenvalue weighted by Crippen LogP contribution is -2.63. The Balaban J connectivity index is 1.76. The Morgan fingerprint density at radius 3 is 2.85 bits per heavy atom. The van der Waals surface area contributed by atoms with E-state index in [1.807, 2.05) is 4.90 Å². The second-order valence-electron chi connectivity index (χ2n) is 5.56. The normalized spacial score (nSPS) is 23.1. The molecule has 2 saturated heterocycles. The maximum Gasteiger partial charge on any atom is 0.273 e. The summed E-state index contributed by atoms with van der Waals surface area (Å²) in [6.45, 7) is 3.94. The molecule has 3 heterocycles. The molecule has 0 aromatic carbocycles. The van der Waals surface area contributed by atoms with Gasteiger partial charge in [0, 0.05) is 43.8 Å². The number of amides is 1. The summed E-state index contributed by atoms with van der Waals surface area (Å²) in [4.78, 5) is 20.9. The number of piperazine rings is 1. The van der Waals surface area contributed by atoms with Crippen molar-refractivity contribution < 1.29 is 9.53 Å². The van der Waals surface area contributed by atoms with Gasteiger partial charge < -0.3 is 15.4 Å². The zero-order valence-electron chi connectivity index (χ0n) is 11.7. The summed E-state index contributed by atoms with van der Waals surface area (Å²) in [5, 5.41) is 2.19. The molecule has 110 valence electrons. The lowest BCUT2D eigenvalue weighted by Gasteiger charge is -2.51. The number of nitrogen functional groups attached to an aromatic ring is 1. The largest absolute Gasteiger partial charge is 0.381 e. The second-order valence-corrected chi connectivity index (χ2v) is 6.45. The molecule has 1 amide bonds. The molecule has 2 fully saturated rings. The third kappa shape index (κ3) is 2.41. The van der Waals surface area contributed by atoms with Crippen molar-refractivity contribution in [3.8, 4) is 0 Å². The fourth-order valence-electron chi connectivity index (χ4n) is 3.08. The van der Waals surface area contributed by atoms with Crippen molar-refractivity contribution in [3.63, 3.8) is 0 Å². The first kappa shape index (κ1) is 13.8. The zero-order chi connectivity index (χ0) is 14.2. The van der Waals surface area contributed by atoms with Crippen LogP contribution < -0.4 is 5.73 Å².